The molecule has 0 heterocycles. The molecule has 1 atom stereocenters. The van der Waals surface area contributed by atoms with E-state index in [1.165, 1.54) is 12.0 Å². The molecule has 158 valence electrons. The van der Waals surface area contributed by atoms with Crippen LogP contribution >= 0.6 is 0 Å². The molecule has 0 aliphatic heterocycles. The van der Waals surface area contributed by atoms with Gasteiger partial charge in [0.25, 0.3) is 0 Å². The number of rotatable bonds is 9. The number of para-hydroxylation sites is 1. The summed E-state index contributed by atoms with van der Waals surface area (Å²) >= 11 is 0. The lowest BCUT2D eigenvalue weighted by Crippen LogP contribution is -2.57. The Balaban J connectivity index is 2.93. The minimum absolute atomic E-state index is 0.0881. The van der Waals surface area contributed by atoms with Crippen molar-refractivity contribution in [1.29, 1.82) is 0 Å². The first-order valence-electron chi connectivity index (χ1n) is 9.48. The summed E-state index contributed by atoms with van der Waals surface area (Å²) < 4.78 is 16.1. The number of phenols is 1. The molecule has 0 radical (unpaired) electrons. The maximum Gasteiger partial charge on any atom is 0.413 e. The average Bonchev–Trinajstić information content (AvgIpc) is 2.59. The van der Waals surface area contributed by atoms with E-state index in [-0.39, 0.29) is 19.1 Å². The van der Waals surface area contributed by atoms with Crippen molar-refractivity contribution in [2.45, 2.75) is 65.0 Å². The number of aromatic hydroxyl groups is 1. The van der Waals surface area contributed by atoms with Crippen molar-refractivity contribution in [2.24, 2.45) is 0 Å². The quantitative estimate of drug-likeness (QED) is 0.504. The van der Waals surface area contributed by atoms with Gasteiger partial charge in [-0.25, -0.2) is 9.59 Å². The van der Waals surface area contributed by atoms with Gasteiger partial charge in [0.1, 0.15) is 23.6 Å². The SMILES string of the molecule is CCC[C@@](C)(C(=O)OCCc1ccccc1O)N(COC)C(=O)OC(C)(C)C. The van der Waals surface area contributed by atoms with E-state index in [0.717, 1.165) is 0 Å². The van der Waals surface area contributed by atoms with Gasteiger partial charge in [-0.05, 0) is 45.7 Å². The third-order valence-electron chi connectivity index (χ3n) is 4.24. The molecule has 0 unspecified atom stereocenters. The van der Waals surface area contributed by atoms with Crippen LogP contribution in [0.1, 0.15) is 53.0 Å². The standard InChI is InChI=1S/C21H33NO6/c1-7-13-21(5,22(15-26-6)19(25)28-20(2,3)4)18(24)27-14-12-16-10-8-9-11-17(16)23/h8-11,23H,7,12-15H2,1-6H3/t21-/m0/s1. The second kappa shape index (κ2) is 10.3. The van der Waals surface area contributed by atoms with Gasteiger partial charge in [0.15, 0.2) is 0 Å². The molecule has 7 heteroatoms. The molecule has 1 aromatic carbocycles. The molecule has 0 fully saturated rings. The number of hydrogen-bond acceptors (Lipinski definition) is 6. The fourth-order valence-electron chi connectivity index (χ4n) is 2.81. The van der Waals surface area contributed by atoms with Gasteiger partial charge < -0.3 is 19.3 Å². The predicted octanol–water partition coefficient (Wildman–Crippen LogP) is 3.88. The summed E-state index contributed by atoms with van der Waals surface area (Å²) in [5.41, 5.74) is -1.25. The van der Waals surface area contributed by atoms with Crippen molar-refractivity contribution in [3.8, 4) is 5.75 Å². The van der Waals surface area contributed by atoms with E-state index in [4.69, 9.17) is 14.2 Å². The number of methoxy groups -OCH3 is 1. The van der Waals surface area contributed by atoms with Crippen LogP contribution < -0.4 is 0 Å². The summed E-state index contributed by atoms with van der Waals surface area (Å²) in [7, 11) is 1.45. The van der Waals surface area contributed by atoms with Gasteiger partial charge in [-0.2, -0.15) is 0 Å². The number of benzene rings is 1. The highest BCUT2D eigenvalue weighted by atomic mass is 16.6. The van der Waals surface area contributed by atoms with Crippen LogP contribution in [0, 0.1) is 0 Å². The molecule has 0 bridgehead atoms. The number of phenolic OH excluding ortho intramolecular Hbond substituents is 1. The van der Waals surface area contributed by atoms with Crippen molar-refractivity contribution < 1.29 is 28.9 Å². The predicted molar refractivity (Wildman–Crippen MR) is 106 cm³/mol. The molecule has 0 saturated heterocycles. The summed E-state index contributed by atoms with van der Waals surface area (Å²) in [6.07, 6.45) is 0.791. The summed E-state index contributed by atoms with van der Waals surface area (Å²) in [6, 6.07) is 6.89. The third kappa shape index (κ3) is 6.71. The van der Waals surface area contributed by atoms with E-state index in [9.17, 15) is 14.7 Å². The van der Waals surface area contributed by atoms with Crippen LogP contribution in [0.2, 0.25) is 0 Å². The molecule has 1 N–H and O–H groups in total. The summed E-state index contributed by atoms with van der Waals surface area (Å²) in [6.45, 7) is 8.85. The topological polar surface area (TPSA) is 85.3 Å². The zero-order valence-corrected chi connectivity index (χ0v) is 17.8. The molecular formula is C21H33NO6. The maximum absolute atomic E-state index is 12.9. The van der Waals surface area contributed by atoms with Crippen LogP contribution in [-0.4, -0.2) is 53.7 Å². The Morgan fingerprint density at radius 1 is 1.14 bits per heavy atom. The molecule has 28 heavy (non-hydrogen) atoms. The second-order valence-electron chi connectivity index (χ2n) is 7.86. The number of carbonyl (C=O) groups excluding carboxylic acids is 2. The number of carbonyl (C=O) groups is 2. The molecule has 0 saturated carbocycles. The molecule has 1 rings (SSSR count). The van der Waals surface area contributed by atoms with Gasteiger partial charge >= 0.3 is 12.1 Å². The minimum atomic E-state index is -1.23. The smallest absolute Gasteiger partial charge is 0.413 e. The number of esters is 1. The first-order valence-corrected chi connectivity index (χ1v) is 9.48. The van der Waals surface area contributed by atoms with Crippen molar-refractivity contribution >= 4 is 12.1 Å². The maximum atomic E-state index is 12.9. The zero-order chi connectivity index (χ0) is 21.4. The van der Waals surface area contributed by atoms with E-state index in [1.807, 2.05) is 6.92 Å². The fraction of sp³-hybridized carbons (Fsp3) is 0.619. The molecule has 0 aromatic heterocycles. The Morgan fingerprint density at radius 2 is 1.79 bits per heavy atom. The Hall–Kier alpha value is -2.28. The second-order valence-corrected chi connectivity index (χ2v) is 7.86. The molecule has 0 aliphatic rings. The summed E-state index contributed by atoms with van der Waals surface area (Å²) in [4.78, 5) is 26.9. The van der Waals surface area contributed by atoms with E-state index < -0.39 is 23.2 Å². The lowest BCUT2D eigenvalue weighted by molar-refractivity contribution is -0.161. The minimum Gasteiger partial charge on any atom is -0.508 e. The van der Waals surface area contributed by atoms with Gasteiger partial charge in [-0.15, -0.1) is 0 Å². The van der Waals surface area contributed by atoms with Gasteiger partial charge in [0.2, 0.25) is 0 Å². The van der Waals surface area contributed by atoms with Crippen molar-refractivity contribution in [3.63, 3.8) is 0 Å². The highest BCUT2D eigenvalue weighted by Crippen LogP contribution is 2.26. The molecule has 0 aliphatic carbocycles. The van der Waals surface area contributed by atoms with E-state index in [2.05, 4.69) is 0 Å². The molecule has 1 amide bonds. The molecule has 0 spiro atoms. The van der Waals surface area contributed by atoms with Crippen molar-refractivity contribution in [1.82, 2.24) is 4.90 Å². The summed E-state index contributed by atoms with van der Waals surface area (Å²) in [5, 5.41) is 9.83. The first kappa shape index (κ1) is 23.8. The Bertz CT molecular complexity index is 655. The molecular weight excluding hydrogens is 362 g/mol. The van der Waals surface area contributed by atoms with Crippen LogP contribution in [0.5, 0.6) is 5.75 Å². The van der Waals surface area contributed by atoms with Crippen LogP contribution in [0.25, 0.3) is 0 Å². The zero-order valence-electron chi connectivity index (χ0n) is 17.8. The third-order valence-corrected chi connectivity index (χ3v) is 4.24. The van der Waals surface area contributed by atoms with Crippen LogP contribution in [0.15, 0.2) is 24.3 Å². The molecule has 7 nitrogen and oxygen atoms in total. The van der Waals surface area contributed by atoms with Gasteiger partial charge in [-0.3, -0.25) is 4.90 Å². The Kier molecular flexibility index (Phi) is 8.75. The van der Waals surface area contributed by atoms with Crippen LogP contribution in [-0.2, 0) is 25.4 Å². The highest BCUT2D eigenvalue weighted by molar-refractivity contribution is 5.85. The van der Waals surface area contributed by atoms with E-state index >= 15 is 0 Å². The van der Waals surface area contributed by atoms with Gasteiger partial charge in [0.05, 0.1) is 6.61 Å². The highest BCUT2D eigenvalue weighted by Gasteiger charge is 2.44. The van der Waals surface area contributed by atoms with Crippen LogP contribution in [0.3, 0.4) is 0 Å². The lowest BCUT2D eigenvalue weighted by Gasteiger charge is -2.39. The average molecular weight is 395 g/mol. The number of hydrogen-bond donors (Lipinski definition) is 1. The van der Waals surface area contributed by atoms with Gasteiger partial charge in [-0.1, -0.05) is 31.5 Å². The fourth-order valence-corrected chi connectivity index (χ4v) is 2.81. The normalized spacial score (nSPS) is 13.5. The largest absolute Gasteiger partial charge is 0.508 e. The Morgan fingerprint density at radius 3 is 2.32 bits per heavy atom. The first-order chi connectivity index (χ1) is 13.0. The van der Waals surface area contributed by atoms with Crippen molar-refractivity contribution in [2.75, 3.05) is 20.4 Å². The summed E-state index contributed by atoms with van der Waals surface area (Å²) in [5.74, 6) is -0.377. The van der Waals surface area contributed by atoms with E-state index in [0.29, 0.717) is 24.8 Å². The van der Waals surface area contributed by atoms with Crippen LogP contribution in [0.4, 0.5) is 4.79 Å². The number of nitrogens with zero attached hydrogens (tertiary/aromatic N) is 1. The lowest BCUT2D eigenvalue weighted by atomic mass is 9.94. The monoisotopic (exact) mass is 395 g/mol. The number of amides is 1. The molecule has 1 aromatic rings. The Labute approximate surface area is 167 Å². The van der Waals surface area contributed by atoms with Crippen molar-refractivity contribution in [3.05, 3.63) is 29.8 Å². The number of ether oxygens (including phenoxy) is 3. The van der Waals surface area contributed by atoms with E-state index in [1.54, 1.807) is 52.0 Å². The van der Waals surface area contributed by atoms with Gasteiger partial charge in [0, 0.05) is 13.5 Å².